The summed E-state index contributed by atoms with van der Waals surface area (Å²) in [6.07, 6.45) is 8.17. The van der Waals surface area contributed by atoms with Gasteiger partial charge in [-0.25, -0.2) is 0 Å². The van der Waals surface area contributed by atoms with E-state index in [0.717, 1.165) is 17.8 Å². The van der Waals surface area contributed by atoms with Gasteiger partial charge in [-0.15, -0.1) is 0 Å². The van der Waals surface area contributed by atoms with Crippen molar-refractivity contribution in [2.75, 3.05) is 6.54 Å². The highest BCUT2D eigenvalue weighted by Crippen LogP contribution is 2.61. The number of rotatable bonds is 3. The highest BCUT2D eigenvalue weighted by atomic mass is 16.5. The lowest BCUT2D eigenvalue weighted by molar-refractivity contribution is -0.168. The fourth-order valence-electron chi connectivity index (χ4n) is 5.05. The maximum Gasteiger partial charge on any atom is 0.319 e. The topological polar surface area (TPSA) is 52.3 Å². The first-order valence-electron chi connectivity index (χ1n) is 7.01. The highest BCUT2D eigenvalue weighted by Gasteiger charge is 2.54. The average molecular weight is 237 g/mol. The Morgan fingerprint density at radius 2 is 1.71 bits per heavy atom. The maximum atomic E-state index is 11.4. The Hall–Kier alpha value is -0.570. The molecule has 4 aliphatic rings. The van der Waals surface area contributed by atoms with Gasteiger partial charge >= 0.3 is 5.97 Å². The van der Waals surface area contributed by atoms with Crippen LogP contribution in [0.25, 0.3) is 0 Å². The van der Waals surface area contributed by atoms with Gasteiger partial charge in [-0.3, -0.25) is 4.79 Å². The number of hydrogen-bond acceptors (Lipinski definition) is 3. The van der Waals surface area contributed by atoms with Crippen LogP contribution in [0, 0.1) is 23.2 Å². The van der Waals surface area contributed by atoms with Crippen molar-refractivity contribution in [3.63, 3.8) is 0 Å². The Bertz CT molecular complexity index is 291. The Labute approximate surface area is 103 Å². The molecule has 0 radical (unpaired) electrons. The molecule has 0 aromatic heterocycles. The van der Waals surface area contributed by atoms with Crippen LogP contribution in [0.3, 0.4) is 0 Å². The van der Waals surface area contributed by atoms with Crippen LogP contribution in [0.4, 0.5) is 0 Å². The lowest BCUT2D eigenvalue weighted by Gasteiger charge is -2.58. The van der Waals surface area contributed by atoms with Crippen molar-refractivity contribution in [2.45, 2.75) is 51.6 Å². The van der Waals surface area contributed by atoms with Crippen LogP contribution in [0.5, 0.6) is 0 Å². The van der Waals surface area contributed by atoms with Crippen LogP contribution in [0.15, 0.2) is 0 Å². The molecular formula is C14H23NO2. The first kappa shape index (κ1) is 11.5. The summed E-state index contributed by atoms with van der Waals surface area (Å²) < 4.78 is 5.52. The SMILES string of the molecule is CC(OC(=O)CN)C12CC3CC(CC(C3)C1)C2. The lowest BCUT2D eigenvalue weighted by atomic mass is 9.48. The van der Waals surface area contributed by atoms with Gasteiger partial charge in [-0.1, -0.05) is 0 Å². The third-order valence-corrected chi connectivity index (χ3v) is 5.42. The lowest BCUT2D eigenvalue weighted by Crippen LogP contribution is -2.52. The summed E-state index contributed by atoms with van der Waals surface area (Å²) in [4.78, 5) is 11.4. The molecule has 96 valence electrons. The van der Waals surface area contributed by atoms with E-state index in [1.807, 2.05) is 0 Å². The van der Waals surface area contributed by atoms with Gasteiger partial charge in [0.25, 0.3) is 0 Å². The van der Waals surface area contributed by atoms with Crippen molar-refractivity contribution in [1.29, 1.82) is 0 Å². The molecule has 17 heavy (non-hydrogen) atoms. The standard InChI is InChI=1S/C14H23NO2/c1-9(17-13(16)8-15)14-5-10-2-11(6-14)4-12(3-10)7-14/h9-12H,2-8,15H2,1H3. The maximum absolute atomic E-state index is 11.4. The van der Waals surface area contributed by atoms with Gasteiger partial charge in [0.2, 0.25) is 0 Å². The summed E-state index contributed by atoms with van der Waals surface area (Å²) in [5, 5.41) is 0. The predicted octanol–water partition coefficient (Wildman–Crippen LogP) is 2.09. The van der Waals surface area contributed by atoms with Crippen molar-refractivity contribution < 1.29 is 9.53 Å². The Morgan fingerprint density at radius 1 is 1.24 bits per heavy atom. The quantitative estimate of drug-likeness (QED) is 0.765. The number of carbonyl (C=O) groups excluding carboxylic acids is 1. The molecule has 0 spiro atoms. The van der Waals surface area contributed by atoms with Crippen LogP contribution < -0.4 is 5.73 Å². The molecule has 4 fully saturated rings. The van der Waals surface area contributed by atoms with Crippen molar-refractivity contribution in [3.05, 3.63) is 0 Å². The van der Waals surface area contributed by atoms with E-state index < -0.39 is 0 Å². The zero-order chi connectivity index (χ0) is 12.0. The molecule has 0 aliphatic heterocycles. The summed E-state index contributed by atoms with van der Waals surface area (Å²) in [6, 6.07) is 0. The monoisotopic (exact) mass is 237 g/mol. The van der Waals surface area contributed by atoms with Crippen LogP contribution >= 0.6 is 0 Å². The van der Waals surface area contributed by atoms with E-state index in [1.54, 1.807) is 0 Å². The summed E-state index contributed by atoms with van der Waals surface area (Å²) in [5.74, 6) is 2.47. The van der Waals surface area contributed by atoms with Crippen LogP contribution in [-0.4, -0.2) is 18.6 Å². The van der Waals surface area contributed by atoms with E-state index in [1.165, 1.54) is 38.5 Å². The van der Waals surface area contributed by atoms with E-state index in [0.29, 0.717) is 5.41 Å². The molecule has 1 atom stereocenters. The molecular weight excluding hydrogens is 214 g/mol. The summed E-state index contributed by atoms with van der Waals surface area (Å²) in [7, 11) is 0. The zero-order valence-electron chi connectivity index (χ0n) is 10.7. The second kappa shape index (κ2) is 3.98. The molecule has 4 rings (SSSR count). The van der Waals surface area contributed by atoms with E-state index in [4.69, 9.17) is 10.5 Å². The smallest absolute Gasteiger partial charge is 0.319 e. The molecule has 0 saturated heterocycles. The van der Waals surface area contributed by atoms with Crippen LogP contribution in [0.2, 0.25) is 0 Å². The summed E-state index contributed by atoms with van der Waals surface area (Å²) in [6.45, 7) is 2.09. The minimum absolute atomic E-state index is 0.0106. The van der Waals surface area contributed by atoms with Gasteiger partial charge in [0.05, 0.1) is 6.54 Å². The third kappa shape index (κ3) is 1.88. The largest absolute Gasteiger partial charge is 0.461 e. The Balaban J connectivity index is 1.75. The van der Waals surface area contributed by atoms with Crippen molar-refractivity contribution in [3.8, 4) is 0 Å². The second-order valence-electron chi connectivity index (χ2n) is 6.62. The van der Waals surface area contributed by atoms with E-state index in [9.17, 15) is 4.79 Å². The molecule has 4 aliphatic carbocycles. The first-order valence-corrected chi connectivity index (χ1v) is 7.01. The normalized spacial score (nSPS) is 44.7. The zero-order valence-corrected chi connectivity index (χ0v) is 10.7. The molecule has 0 heterocycles. The molecule has 4 saturated carbocycles. The number of carbonyl (C=O) groups is 1. The average Bonchev–Trinajstić information content (AvgIpc) is 2.26. The molecule has 0 aromatic carbocycles. The van der Waals surface area contributed by atoms with Gasteiger partial charge in [-0.05, 0) is 63.2 Å². The number of nitrogens with two attached hydrogens (primary N) is 1. The van der Waals surface area contributed by atoms with Crippen molar-refractivity contribution >= 4 is 5.97 Å². The van der Waals surface area contributed by atoms with Gasteiger partial charge in [0.1, 0.15) is 6.10 Å². The fraction of sp³-hybridized carbons (Fsp3) is 0.929. The number of esters is 1. The highest BCUT2D eigenvalue weighted by molar-refractivity contribution is 5.71. The minimum atomic E-state index is -0.242. The molecule has 2 N–H and O–H groups in total. The first-order chi connectivity index (χ1) is 8.11. The van der Waals surface area contributed by atoms with Crippen LogP contribution in [0.1, 0.15) is 45.4 Å². The van der Waals surface area contributed by atoms with Crippen molar-refractivity contribution in [1.82, 2.24) is 0 Å². The van der Waals surface area contributed by atoms with Gasteiger partial charge < -0.3 is 10.5 Å². The van der Waals surface area contributed by atoms with E-state index >= 15 is 0 Å². The molecule has 0 amide bonds. The predicted molar refractivity (Wildman–Crippen MR) is 65.2 cm³/mol. The molecule has 4 bridgehead atoms. The third-order valence-electron chi connectivity index (χ3n) is 5.42. The van der Waals surface area contributed by atoms with Gasteiger partial charge in [0.15, 0.2) is 0 Å². The van der Waals surface area contributed by atoms with Crippen molar-refractivity contribution in [2.24, 2.45) is 28.9 Å². The van der Waals surface area contributed by atoms with E-state index in [-0.39, 0.29) is 18.6 Å². The fourth-order valence-corrected chi connectivity index (χ4v) is 5.05. The van der Waals surface area contributed by atoms with E-state index in [2.05, 4.69) is 6.92 Å². The van der Waals surface area contributed by atoms with Gasteiger partial charge in [-0.2, -0.15) is 0 Å². The second-order valence-corrected chi connectivity index (χ2v) is 6.62. The number of ether oxygens (including phenoxy) is 1. The molecule has 3 nitrogen and oxygen atoms in total. The molecule has 3 heteroatoms. The Morgan fingerprint density at radius 3 is 2.12 bits per heavy atom. The summed E-state index contributed by atoms with van der Waals surface area (Å²) in [5.41, 5.74) is 5.63. The summed E-state index contributed by atoms with van der Waals surface area (Å²) >= 11 is 0. The Kier molecular flexibility index (Phi) is 2.69. The van der Waals surface area contributed by atoms with Gasteiger partial charge in [0, 0.05) is 5.41 Å². The minimum Gasteiger partial charge on any atom is -0.461 e. The molecule has 0 aromatic rings. The van der Waals surface area contributed by atoms with Crippen LogP contribution in [-0.2, 0) is 9.53 Å². The number of hydrogen-bond donors (Lipinski definition) is 1. The molecule has 1 unspecified atom stereocenters.